The molecule has 2 heterocycles. The Labute approximate surface area is 222 Å². The number of sulfone groups is 1. The van der Waals surface area contributed by atoms with E-state index in [4.69, 9.17) is 21.1 Å². The summed E-state index contributed by atoms with van der Waals surface area (Å²) in [6, 6.07) is 8.76. The summed E-state index contributed by atoms with van der Waals surface area (Å²) in [5.41, 5.74) is 3.48. The minimum atomic E-state index is -3.52. The fraction of sp³-hybridized carbons (Fsp3) is 0.407. The number of anilines is 4. The van der Waals surface area contributed by atoms with Gasteiger partial charge in [0.1, 0.15) is 5.02 Å². The van der Waals surface area contributed by atoms with Crippen molar-refractivity contribution in [2.24, 2.45) is 0 Å². The molecule has 0 amide bonds. The van der Waals surface area contributed by atoms with Crippen LogP contribution in [0.4, 0.5) is 23.1 Å². The van der Waals surface area contributed by atoms with Crippen molar-refractivity contribution >= 4 is 44.6 Å². The Morgan fingerprint density at radius 2 is 1.76 bits per heavy atom. The monoisotopic (exact) mass is 542 g/mol. The number of para-hydroxylation sites is 1. The van der Waals surface area contributed by atoms with Crippen molar-refractivity contribution in [1.29, 1.82) is 0 Å². The second-order valence-electron chi connectivity index (χ2n) is 9.78. The van der Waals surface area contributed by atoms with Crippen LogP contribution in [0.2, 0.25) is 5.02 Å². The normalized spacial score (nSPS) is 15.7. The Balaban J connectivity index is 1.46. The number of ether oxygens (including phenoxy) is 2. The van der Waals surface area contributed by atoms with E-state index >= 15 is 0 Å². The maximum absolute atomic E-state index is 12.9. The molecule has 0 radical (unpaired) electrons. The molecule has 5 rings (SSSR count). The largest absolute Gasteiger partial charge is 0.453 e. The molecule has 0 unspecified atom stereocenters. The molecule has 2 aliphatic rings. The average molecular weight is 543 g/mol. The summed E-state index contributed by atoms with van der Waals surface area (Å²) in [6.45, 7) is 5.57. The second-order valence-corrected chi connectivity index (χ2v) is 12.7. The Morgan fingerprint density at radius 3 is 2.51 bits per heavy atom. The first-order valence-corrected chi connectivity index (χ1v) is 14.5. The molecule has 1 fully saturated rings. The van der Waals surface area contributed by atoms with Crippen molar-refractivity contribution < 1.29 is 17.9 Å². The zero-order valence-electron chi connectivity index (χ0n) is 21.2. The van der Waals surface area contributed by atoms with E-state index in [1.54, 1.807) is 38.1 Å². The van der Waals surface area contributed by atoms with Gasteiger partial charge >= 0.3 is 0 Å². The molecule has 1 aliphatic carbocycles. The fourth-order valence-corrected chi connectivity index (χ4v) is 6.38. The van der Waals surface area contributed by atoms with Gasteiger partial charge in [-0.05, 0) is 63.3 Å². The standard InChI is InChI=1S/C27H31ClN4O4S/c1-16(2)37(33,34)22-12-8-7-11-20(22)30-26-19(28)14-29-27(32-26)31-21-13-17(3)23(18-9-5-4-6-10-18)25-24(21)35-15-36-25/h7-8,11-14,16,18H,4-6,9-10,15H2,1-3H3,(H2,29,30,31,32). The molecule has 2 aromatic carbocycles. The Morgan fingerprint density at radius 1 is 1.03 bits per heavy atom. The number of hydrogen-bond donors (Lipinski definition) is 2. The molecule has 8 nitrogen and oxygen atoms in total. The van der Waals surface area contributed by atoms with Crippen molar-refractivity contribution in [2.45, 2.75) is 68.9 Å². The van der Waals surface area contributed by atoms with Gasteiger partial charge in [-0.25, -0.2) is 13.4 Å². The number of rotatable bonds is 7. The smallest absolute Gasteiger partial charge is 0.231 e. The molecule has 0 atom stereocenters. The van der Waals surface area contributed by atoms with Crippen molar-refractivity contribution in [2.75, 3.05) is 17.4 Å². The Hall–Kier alpha value is -3.04. The fourth-order valence-electron chi connectivity index (χ4n) is 5.04. The lowest BCUT2D eigenvalue weighted by atomic mass is 9.81. The highest BCUT2D eigenvalue weighted by Gasteiger charge is 2.30. The average Bonchev–Trinajstić information content (AvgIpc) is 3.37. The van der Waals surface area contributed by atoms with Crippen molar-refractivity contribution in [3.05, 3.63) is 52.7 Å². The van der Waals surface area contributed by atoms with Gasteiger partial charge in [0.2, 0.25) is 12.7 Å². The molecule has 10 heteroatoms. The molecule has 0 spiro atoms. The van der Waals surface area contributed by atoms with Crippen LogP contribution in [0.5, 0.6) is 11.5 Å². The van der Waals surface area contributed by atoms with Gasteiger partial charge in [-0.3, -0.25) is 0 Å². The van der Waals surface area contributed by atoms with E-state index in [9.17, 15) is 8.42 Å². The number of nitrogens with zero attached hydrogens (tertiary/aromatic N) is 2. The highest BCUT2D eigenvalue weighted by Crippen LogP contribution is 2.50. The number of aromatic nitrogens is 2. The molecule has 3 aromatic rings. The predicted octanol–water partition coefficient (Wildman–Crippen LogP) is 6.88. The van der Waals surface area contributed by atoms with Gasteiger partial charge in [0.15, 0.2) is 27.2 Å². The topological polar surface area (TPSA) is 102 Å². The lowest BCUT2D eigenvalue weighted by Gasteiger charge is -2.25. The third kappa shape index (κ3) is 5.07. The molecule has 0 saturated heterocycles. The summed E-state index contributed by atoms with van der Waals surface area (Å²) in [7, 11) is -3.52. The first-order valence-electron chi connectivity index (χ1n) is 12.6. The highest BCUT2D eigenvalue weighted by atomic mass is 35.5. The van der Waals surface area contributed by atoms with Crippen LogP contribution in [0.3, 0.4) is 0 Å². The summed E-state index contributed by atoms with van der Waals surface area (Å²) in [5, 5.41) is 6.02. The Bertz CT molecular complexity index is 1420. The SMILES string of the molecule is Cc1cc(Nc2ncc(Cl)c(Nc3ccccc3S(=O)(=O)C(C)C)n2)c2c(c1C1CCCCC1)OCO2. The van der Waals surface area contributed by atoms with Crippen molar-refractivity contribution in [3.8, 4) is 11.5 Å². The van der Waals surface area contributed by atoms with Gasteiger partial charge in [0.05, 0.1) is 27.7 Å². The van der Waals surface area contributed by atoms with E-state index in [0.717, 1.165) is 24.2 Å². The molecular weight excluding hydrogens is 512 g/mol. The van der Waals surface area contributed by atoms with E-state index in [1.165, 1.54) is 31.0 Å². The molecule has 196 valence electrons. The molecule has 1 saturated carbocycles. The first-order chi connectivity index (χ1) is 17.8. The van der Waals surface area contributed by atoms with Crippen molar-refractivity contribution in [1.82, 2.24) is 9.97 Å². The number of halogens is 1. The molecular formula is C27H31ClN4O4S. The Kier molecular flexibility index (Phi) is 7.18. The van der Waals surface area contributed by atoms with E-state index < -0.39 is 15.1 Å². The molecule has 1 aromatic heterocycles. The number of fused-ring (bicyclic) bond motifs is 1. The van der Waals surface area contributed by atoms with Crippen molar-refractivity contribution in [3.63, 3.8) is 0 Å². The van der Waals surface area contributed by atoms with Crippen LogP contribution in [-0.4, -0.2) is 30.4 Å². The predicted molar refractivity (Wildman–Crippen MR) is 145 cm³/mol. The zero-order valence-corrected chi connectivity index (χ0v) is 22.7. The maximum atomic E-state index is 12.9. The zero-order chi connectivity index (χ0) is 26.2. The summed E-state index contributed by atoms with van der Waals surface area (Å²) >= 11 is 6.39. The molecule has 0 bridgehead atoms. The summed E-state index contributed by atoms with van der Waals surface area (Å²) in [6.07, 6.45) is 7.54. The number of benzene rings is 2. The number of hydrogen-bond acceptors (Lipinski definition) is 8. The summed E-state index contributed by atoms with van der Waals surface area (Å²) in [5.74, 6) is 2.51. The molecule has 1 aliphatic heterocycles. The van der Waals surface area contributed by atoms with Gasteiger partial charge in [0.25, 0.3) is 0 Å². The van der Waals surface area contributed by atoms with Gasteiger partial charge in [-0.15, -0.1) is 0 Å². The molecule has 2 N–H and O–H groups in total. The lowest BCUT2D eigenvalue weighted by molar-refractivity contribution is 0.173. The van der Waals surface area contributed by atoms with E-state index in [2.05, 4.69) is 27.5 Å². The van der Waals surface area contributed by atoms with E-state index in [-0.39, 0.29) is 22.5 Å². The van der Waals surface area contributed by atoms with Gasteiger partial charge in [-0.2, -0.15) is 4.98 Å². The maximum Gasteiger partial charge on any atom is 0.231 e. The van der Waals surface area contributed by atoms with Crippen LogP contribution in [0.15, 0.2) is 41.4 Å². The van der Waals surface area contributed by atoms with Crippen LogP contribution in [0, 0.1) is 6.92 Å². The third-order valence-electron chi connectivity index (χ3n) is 6.96. The van der Waals surface area contributed by atoms with Gasteiger partial charge < -0.3 is 20.1 Å². The van der Waals surface area contributed by atoms with E-state index in [1.807, 2.05) is 6.07 Å². The quantitative estimate of drug-likeness (QED) is 0.333. The molecule has 37 heavy (non-hydrogen) atoms. The number of nitrogens with one attached hydrogen (secondary N) is 2. The lowest BCUT2D eigenvalue weighted by Crippen LogP contribution is -2.15. The van der Waals surface area contributed by atoms with Crippen LogP contribution in [0.1, 0.15) is 63.0 Å². The van der Waals surface area contributed by atoms with E-state index in [0.29, 0.717) is 29.0 Å². The minimum absolute atomic E-state index is 0.169. The van der Waals surface area contributed by atoms with Crippen LogP contribution in [0.25, 0.3) is 0 Å². The minimum Gasteiger partial charge on any atom is -0.453 e. The van der Waals surface area contributed by atoms with Gasteiger partial charge in [-0.1, -0.05) is 43.0 Å². The number of aryl methyl sites for hydroxylation is 1. The van der Waals surface area contributed by atoms with Crippen LogP contribution in [-0.2, 0) is 9.84 Å². The summed E-state index contributed by atoms with van der Waals surface area (Å²) in [4.78, 5) is 9.06. The summed E-state index contributed by atoms with van der Waals surface area (Å²) < 4.78 is 37.5. The van der Waals surface area contributed by atoms with Gasteiger partial charge in [0, 0.05) is 5.56 Å². The van der Waals surface area contributed by atoms with Crippen LogP contribution >= 0.6 is 11.6 Å². The highest BCUT2D eigenvalue weighted by molar-refractivity contribution is 7.92. The third-order valence-corrected chi connectivity index (χ3v) is 9.45. The van der Waals surface area contributed by atoms with Crippen LogP contribution < -0.4 is 20.1 Å². The second kappa shape index (κ2) is 10.4. The first kappa shape index (κ1) is 25.6.